The van der Waals surface area contributed by atoms with Crippen molar-refractivity contribution >= 4 is 17.3 Å². The maximum Gasteiger partial charge on any atom is 0.241 e. The zero-order valence-corrected chi connectivity index (χ0v) is 12.4. The van der Waals surface area contributed by atoms with E-state index >= 15 is 0 Å². The largest absolute Gasteiger partial charge is 0.372 e. The molecule has 20 heavy (non-hydrogen) atoms. The van der Waals surface area contributed by atoms with E-state index in [0.29, 0.717) is 0 Å². The van der Waals surface area contributed by atoms with E-state index in [0.717, 1.165) is 25.2 Å². The van der Waals surface area contributed by atoms with Crippen LogP contribution in [0.15, 0.2) is 24.3 Å². The Morgan fingerprint density at radius 3 is 2.45 bits per heavy atom. The van der Waals surface area contributed by atoms with Gasteiger partial charge in [-0.05, 0) is 43.0 Å². The summed E-state index contributed by atoms with van der Waals surface area (Å²) in [5, 5.41) is 2.89. The fraction of sp³-hybridized carbons (Fsp3) is 0.562. The molecule has 2 atom stereocenters. The Bertz CT molecular complexity index is 438. The summed E-state index contributed by atoms with van der Waals surface area (Å²) < 4.78 is 0. The van der Waals surface area contributed by atoms with Crippen LogP contribution in [0, 0.1) is 5.92 Å². The predicted molar refractivity (Wildman–Crippen MR) is 83.9 cm³/mol. The molecule has 4 heteroatoms. The average Bonchev–Trinajstić information content (AvgIpc) is 3.00. The Labute approximate surface area is 121 Å². The van der Waals surface area contributed by atoms with Gasteiger partial charge >= 0.3 is 0 Å². The van der Waals surface area contributed by atoms with E-state index in [1.807, 2.05) is 26.0 Å². The molecule has 1 aromatic carbocycles. The quantitative estimate of drug-likeness (QED) is 0.868. The predicted octanol–water partition coefficient (Wildman–Crippen LogP) is 2.60. The van der Waals surface area contributed by atoms with Crippen LogP contribution in [0.2, 0.25) is 0 Å². The van der Waals surface area contributed by atoms with Gasteiger partial charge in [-0.3, -0.25) is 4.79 Å². The van der Waals surface area contributed by atoms with E-state index < -0.39 is 6.04 Å². The lowest BCUT2D eigenvalue weighted by atomic mass is 9.99. The first-order valence-corrected chi connectivity index (χ1v) is 7.53. The van der Waals surface area contributed by atoms with Crippen molar-refractivity contribution in [2.24, 2.45) is 11.7 Å². The van der Waals surface area contributed by atoms with Gasteiger partial charge in [0, 0.05) is 24.5 Å². The Hall–Kier alpha value is -1.55. The minimum absolute atomic E-state index is 0.103. The van der Waals surface area contributed by atoms with E-state index in [9.17, 15) is 4.79 Å². The van der Waals surface area contributed by atoms with Crippen molar-refractivity contribution in [3.8, 4) is 0 Å². The Kier molecular flexibility index (Phi) is 5.01. The number of hydrogen-bond donors (Lipinski definition) is 2. The maximum absolute atomic E-state index is 12.0. The molecule has 0 aromatic heterocycles. The molecule has 4 nitrogen and oxygen atoms in total. The highest BCUT2D eigenvalue weighted by Gasteiger charge is 2.19. The molecule has 1 aliphatic heterocycles. The average molecular weight is 275 g/mol. The normalized spacial score (nSPS) is 17.9. The molecule has 1 fully saturated rings. The molecule has 1 heterocycles. The van der Waals surface area contributed by atoms with Gasteiger partial charge in [-0.2, -0.15) is 0 Å². The smallest absolute Gasteiger partial charge is 0.241 e. The van der Waals surface area contributed by atoms with Gasteiger partial charge in [0.05, 0.1) is 6.04 Å². The van der Waals surface area contributed by atoms with Gasteiger partial charge in [0.15, 0.2) is 0 Å². The molecule has 3 N–H and O–H groups in total. The number of benzene rings is 1. The maximum atomic E-state index is 12.0. The highest BCUT2D eigenvalue weighted by molar-refractivity contribution is 5.95. The van der Waals surface area contributed by atoms with Gasteiger partial charge in [0.1, 0.15) is 0 Å². The third-order valence-electron chi connectivity index (χ3n) is 4.17. The van der Waals surface area contributed by atoms with Gasteiger partial charge in [0.25, 0.3) is 0 Å². The van der Waals surface area contributed by atoms with Gasteiger partial charge in [-0.25, -0.2) is 0 Å². The molecule has 0 aliphatic carbocycles. The Morgan fingerprint density at radius 2 is 1.90 bits per heavy atom. The first-order chi connectivity index (χ1) is 9.61. The molecule has 1 saturated heterocycles. The number of nitrogens with two attached hydrogens (primary N) is 1. The van der Waals surface area contributed by atoms with Crippen molar-refractivity contribution in [2.75, 3.05) is 23.3 Å². The zero-order valence-electron chi connectivity index (χ0n) is 12.4. The summed E-state index contributed by atoms with van der Waals surface area (Å²) in [6, 6.07) is 7.59. The van der Waals surface area contributed by atoms with E-state index in [4.69, 9.17) is 5.73 Å². The number of rotatable bonds is 5. The standard InChI is InChI=1S/C16H25N3O/c1-3-12(2)15(17)16(20)18-13-6-8-14(9-7-13)19-10-4-5-11-19/h6-9,12,15H,3-5,10-11,17H2,1-2H3,(H,18,20). The van der Waals surface area contributed by atoms with Crippen LogP contribution in [-0.2, 0) is 4.79 Å². The van der Waals surface area contributed by atoms with E-state index in [-0.39, 0.29) is 11.8 Å². The van der Waals surface area contributed by atoms with Crippen molar-refractivity contribution in [3.63, 3.8) is 0 Å². The highest BCUT2D eigenvalue weighted by Crippen LogP contribution is 2.22. The van der Waals surface area contributed by atoms with Crippen LogP contribution < -0.4 is 16.0 Å². The lowest BCUT2D eigenvalue weighted by Crippen LogP contribution is -2.40. The SMILES string of the molecule is CCC(C)C(N)C(=O)Nc1ccc(N2CCCC2)cc1. The van der Waals surface area contributed by atoms with Crippen LogP contribution in [0.25, 0.3) is 0 Å². The number of carbonyl (C=O) groups is 1. The third kappa shape index (κ3) is 3.51. The molecular formula is C16H25N3O. The van der Waals surface area contributed by atoms with E-state index in [1.165, 1.54) is 18.5 Å². The second-order valence-corrected chi connectivity index (χ2v) is 5.64. The van der Waals surface area contributed by atoms with Gasteiger partial charge < -0.3 is 16.0 Å². The Morgan fingerprint density at radius 1 is 1.30 bits per heavy atom. The van der Waals surface area contributed by atoms with Crippen LogP contribution in [0.5, 0.6) is 0 Å². The number of nitrogens with zero attached hydrogens (tertiary/aromatic N) is 1. The summed E-state index contributed by atoms with van der Waals surface area (Å²) in [4.78, 5) is 14.4. The molecular weight excluding hydrogens is 250 g/mol. The summed E-state index contributed by atoms with van der Waals surface area (Å²) >= 11 is 0. The zero-order chi connectivity index (χ0) is 14.5. The number of hydrogen-bond acceptors (Lipinski definition) is 3. The number of anilines is 2. The molecule has 2 rings (SSSR count). The minimum atomic E-state index is -0.446. The van der Waals surface area contributed by atoms with E-state index in [1.54, 1.807) is 0 Å². The van der Waals surface area contributed by atoms with Gasteiger partial charge in [-0.15, -0.1) is 0 Å². The summed E-state index contributed by atoms with van der Waals surface area (Å²) in [5.41, 5.74) is 7.97. The molecule has 0 radical (unpaired) electrons. The summed E-state index contributed by atoms with van der Waals surface area (Å²) in [7, 11) is 0. The highest BCUT2D eigenvalue weighted by atomic mass is 16.2. The summed E-state index contributed by atoms with van der Waals surface area (Å²) in [6.45, 7) is 6.30. The molecule has 0 spiro atoms. The molecule has 1 aliphatic rings. The van der Waals surface area contributed by atoms with Crippen molar-refractivity contribution in [1.82, 2.24) is 0 Å². The van der Waals surface area contributed by atoms with Crippen molar-refractivity contribution < 1.29 is 4.79 Å². The van der Waals surface area contributed by atoms with Crippen LogP contribution >= 0.6 is 0 Å². The monoisotopic (exact) mass is 275 g/mol. The number of carbonyl (C=O) groups excluding carboxylic acids is 1. The van der Waals surface area contributed by atoms with Crippen LogP contribution in [0.4, 0.5) is 11.4 Å². The van der Waals surface area contributed by atoms with E-state index in [2.05, 4.69) is 22.3 Å². The minimum Gasteiger partial charge on any atom is -0.372 e. The lowest BCUT2D eigenvalue weighted by Gasteiger charge is -2.19. The second-order valence-electron chi connectivity index (χ2n) is 5.64. The summed E-state index contributed by atoms with van der Waals surface area (Å²) in [6.07, 6.45) is 3.44. The molecule has 1 aromatic rings. The van der Waals surface area contributed by atoms with Crippen molar-refractivity contribution in [3.05, 3.63) is 24.3 Å². The molecule has 0 bridgehead atoms. The Balaban J connectivity index is 1.94. The van der Waals surface area contributed by atoms with Gasteiger partial charge in [0.2, 0.25) is 5.91 Å². The van der Waals surface area contributed by atoms with Crippen LogP contribution in [0.1, 0.15) is 33.1 Å². The van der Waals surface area contributed by atoms with Crippen LogP contribution in [-0.4, -0.2) is 25.0 Å². The molecule has 0 saturated carbocycles. The molecule has 110 valence electrons. The molecule has 1 amide bonds. The molecule has 2 unspecified atom stereocenters. The lowest BCUT2D eigenvalue weighted by molar-refractivity contribution is -0.118. The fourth-order valence-electron chi connectivity index (χ4n) is 2.47. The fourth-order valence-corrected chi connectivity index (χ4v) is 2.47. The second kappa shape index (κ2) is 6.75. The first-order valence-electron chi connectivity index (χ1n) is 7.53. The third-order valence-corrected chi connectivity index (χ3v) is 4.17. The topological polar surface area (TPSA) is 58.4 Å². The first kappa shape index (κ1) is 14.9. The van der Waals surface area contributed by atoms with Crippen molar-refractivity contribution in [1.29, 1.82) is 0 Å². The number of amides is 1. The van der Waals surface area contributed by atoms with Gasteiger partial charge in [-0.1, -0.05) is 20.3 Å². The van der Waals surface area contributed by atoms with Crippen LogP contribution in [0.3, 0.4) is 0 Å². The van der Waals surface area contributed by atoms with Crippen molar-refractivity contribution in [2.45, 2.75) is 39.2 Å². The summed E-state index contributed by atoms with van der Waals surface area (Å²) in [5.74, 6) is 0.0899. The number of nitrogens with one attached hydrogen (secondary N) is 1.